The topological polar surface area (TPSA) is 68.3 Å². The second-order valence-electron chi connectivity index (χ2n) is 8.15. The summed E-state index contributed by atoms with van der Waals surface area (Å²) >= 11 is 7.52. The monoisotopic (exact) mass is 512 g/mol. The number of halogens is 1. The van der Waals surface area contributed by atoms with Crippen molar-refractivity contribution < 1.29 is 14.3 Å². The van der Waals surface area contributed by atoms with Crippen LogP contribution in [0.2, 0.25) is 5.02 Å². The fourth-order valence-corrected chi connectivity index (χ4v) is 5.41. The molecule has 178 valence electrons. The number of carbonyl (C=O) groups excluding carboxylic acids is 2. The van der Waals surface area contributed by atoms with Crippen LogP contribution in [0.3, 0.4) is 0 Å². The molecule has 3 aromatic carbocycles. The van der Waals surface area contributed by atoms with E-state index in [-0.39, 0.29) is 5.91 Å². The number of esters is 1. The third kappa shape index (κ3) is 4.37. The molecule has 0 aliphatic rings. The molecule has 1 amide bonds. The number of nitrogens with one attached hydrogen (secondary N) is 1. The van der Waals surface area contributed by atoms with Crippen LogP contribution in [0.4, 0.5) is 5.00 Å². The summed E-state index contributed by atoms with van der Waals surface area (Å²) in [4.78, 5) is 31.4. The number of hydrogen-bond acceptors (Lipinski definition) is 5. The first-order valence-electron chi connectivity index (χ1n) is 11.2. The van der Waals surface area contributed by atoms with Gasteiger partial charge in [0.2, 0.25) is 0 Å². The van der Waals surface area contributed by atoms with Crippen molar-refractivity contribution in [2.75, 3.05) is 12.4 Å². The highest BCUT2D eigenvalue weighted by atomic mass is 35.5. The number of nitrogens with zero attached hydrogens (tertiary/aromatic N) is 1. The van der Waals surface area contributed by atoms with Gasteiger partial charge in [-0.3, -0.25) is 4.79 Å². The van der Waals surface area contributed by atoms with Gasteiger partial charge in [0.15, 0.2) is 0 Å². The van der Waals surface area contributed by atoms with Crippen LogP contribution in [0, 0.1) is 6.92 Å². The van der Waals surface area contributed by atoms with Crippen molar-refractivity contribution >= 4 is 50.7 Å². The molecule has 5 rings (SSSR count). The normalized spacial score (nSPS) is 10.9. The molecule has 0 aliphatic carbocycles. The van der Waals surface area contributed by atoms with E-state index in [2.05, 4.69) is 5.32 Å². The van der Waals surface area contributed by atoms with Crippen molar-refractivity contribution in [1.82, 2.24) is 4.98 Å². The number of pyridine rings is 1. The number of benzene rings is 3. The SMILES string of the molecule is COC(=O)c1c(-c2ccccc2)csc1NC(=O)c1c(C)c(-c2cccc(Cl)c2)nc2ccccc12. The van der Waals surface area contributed by atoms with Crippen molar-refractivity contribution in [3.05, 3.63) is 106 Å². The molecular formula is C29H21ClN2O3S. The van der Waals surface area contributed by atoms with Gasteiger partial charge in [0.05, 0.1) is 23.9 Å². The highest BCUT2D eigenvalue weighted by Gasteiger charge is 2.25. The zero-order chi connectivity index (χ0) is 25.2. The number of fused-ring (bicyclic) bond motifs is 1. The molecule has 5 nitrogen and oxygen atoms in total. The molecule has 1 N–H and O–H groups in total. The van der Waals surface area contributed by atoms with Crippen LogP contribution in [0.25, 0.3) is 33.3 Å². The van der Waals surface area contributed by atoms with Crippen molar-refractivity contribution in [1.29, 1.82) is 0 Å². The van der Waals surface area contributed by atoms with E-state index in [1.807, 2.05) is 85.1 Å². The molecule has 0 spiro atoms. The lowest BCUT2D eigenvalue weighted by atomic mass is 9.97. The fraction of sp³-hybridized carbons (Fsp3) is 0.0690. The van der Waals surface area contributed by atoms with Gasteiger partial charge in [0.25, 0.3) is 5.91 Å². The van der Waals surface area contributed by atoms with E-state index in [4.69, 9.17) is 21.3 Å². The Balaban J connectivity index is 1.63. The zero-order valence-electron chi connectivity index (χ0n) is 19.5. The van der Waals surface area contributed by atoms with Crippen LogP contribution in [-0.2, 0) is 4.74 Å². The van der Waals surface area contributed by atoms with Crippen molar-refractivity contribution in [3.63, 3.8) is 0 Å². The smallest absolute Gasteiger partial charge is 0.341 e. The Bertz CT molecular complexity index is 1610. The standard InChI is InChI=1S/C29H21ClN2O3S/c1-17-24(21-13-6-7-14-23(21)31-26(17)19-11-8-12-20(30)15-19)27(33)32-28-25(29(34)35-2)22(16-36-28)18-9-4-3-5-10-18/h3-16H,1-2H3,(H,32,33). The molecule has 0 atom stereocenters. The lowest BCUT2D eigenvalue weighted by Gasteiger charge is -2.15. The zero-order valence-corrected chi connectivity index (χ0v) is 21.1. The number of hydrogen-bond donors (Lipinski definition) is 1. The maximum absolute atomic E-state index is 13.8. The third-order valence-electron chi connectivity index (χ3n) is 5.95. The van der Waals surface area contributed by atoms with E-state index in [0.717, 1.165) is 16.5 Å². The maximum Gasteiger partial charge on any atom is 0.341 e. The van der Waals surface area contributed by atoms with E-state index in [9.17, 15) is 9.59 Å². The minimum absolute atomic E-state index is 0.327. The predicted molar refractivity (Wildman–Crippen MR) is 146 cm³/mol. The van der Waals surface area contributed by atoms with Gasteiger partial charge in [-0.1, -0.05) is 72.3 Å². The maximum atomic E-state index is 13.8. The molecule has 0 saturated carbocycles. The van der Waals surface area contributed by atoms with E-state index in [1.54, 1.807) is 6.07 Å². The summed E-state index contributed by atoms with van der Waals surface area (Å²) in [6, 6.07) is 24.4. The van der Waals surface area contributed by atoms with Crippen molar-refractivity contribution in [2.45, 2.75) is 6.92 Å². The van der Waals surface area contributed by atoms with E-state index >= 15 is 0 Å². The third-order valence-corrected chi connectivity index (χ3v) is 7.08. The van der Waals surface area contributed by atoms with Gasteiger partial charge in [-0.15, -0.1) is 11.3 Å². The first-order valence-corrected chi connectivity index (χ1v) is 12.5. The molecule has 0 aliphatic heterocycles. The highest BCUT2D eigenvalue weighted by molar-refractivity contribution is 7.15. The van der Waals surface area contributed by atoms with E-state index in [0.29, 0.717) is 43.5 Å². The van der Waals surface area contributed by atoms with Crippen LogP contribution in [0.5, 0.6) is 0 Å². The van der Waals surface area contributed by atoms with Crippen LogP contribution in [-0.4, -0.2) is 24.0 Å². The van der Waals surface area contributed by atoms with Crippen LogP contribution >= 0.6 is 22.9 Å². The lowest BCUT2D eigenvalue weighted by Crippen LogP contribution is -2.17. The molecule has 0 fully saturated rings. The lowest BCUT2D eigenvalue weighted by molar-refractivity contribution is 0.0603. The number of methoxy groups -OCH3 is 1. The molecule has 36 heavy (non-hydrogen) atoms. The first kappa shape index (κ1) is 23.7. The number of ether oxygens (including phenoxy) is 1. The number of thiophene rings is 1. The first-order chi connectivity index (χ1) is 17.5. The number of anilines is 1. The Labute approximate surface area is 217 Å². The molecule has 2 aromatic heterocycles. The Morgan fingerprint density at radius 3 is 2.39 bits per heavy atom. The molecule has 0 bridgehead atoms. The van der Waals surface area contributed by atoms with Gasteiger partial charge < -0.3 is 10.1 Å². The number of rotatable bonds is 5. The summed E-state index contributed by atoms with van der Waals surface area (Å²) in [5.41, 5.74) is 5.28. The molecule has 2 heterocycles. The van der Waals surface area contributed by atoms with Crippen molar-refractivity contribution in [3.8, 4) is 22.4 Å². The number of aromatic nitrogens is 1. The minimum atomic E-state index is -0.513. The Morgan fingerprint density at radius 2 is 1.64 bits per heavy atom. The predicted octanol–water partition coefficient (Wildman–Crippen LogP) is 7.63. The molecule has 0 unspecified atom stereocenters. The van der Waals surface area contributed by atoms with Crippen LogP contribution < -0.4 is 5.32 Å². The summed E-state index contributed by atoms with van der Waals surface area (Å²) in [7, 11) is 1.33. The van der Waals surface area contributed by atoms with Crippen molar-refractivity contribution in [2.24, 2.45) is 0 Å². The number of carbonyl (C=O) groups is 2. The molecule has 0 radical (unpaired) electrons. The fourth-order valence-electron chi connectivity index (χ4n) is 4.27. The van der Waals surface area contributed by atoms with Gasteiger partial charge in [-0.25, -0.2) is 9.78 Å². The summed E-state index contributed by atoms with van der Waals surface area (Å²) in [6.07, 6.45) is 0. The Kier molecular flexibility index (Phi) is 6.55. The molecular weight excluding hydrogens is 492 g/mol. The summed E-state index contributed by atoms with van der Waals surface area (Å²) in [5.74, 6) is -0.845. The highest BCUT2D eigenvalue weighted by Crippen LogP contribution is 2.37. The largest absolute Gasteiger partial charge is 0.465 e. The average molecular weight is 513 g/mol. The Morgan fingerprint density at radius 1 is 0.917 bits per heavy atom. The van der Waals surface area contributed by atoms with Gasteiger partial charge in [-0.2, -0.15) is 0 Å². The van der Waals surface area contributed by atoms with E-state index in [1.165, 1.54) is 18.4 Å². The molecule has 7 heteroatoms. The van der Waals surface area contributed by atoms with Gasteiger partial charge >= 0.3 is 5.97 Å². The quantitative estimate of drug-likeness (QED) is 0.246. The Hall–Kier alpha value is -4.00. The summed E-state index contributed by atoms with van der Waals surface area (Å²) in [6.45, 7) is 1.87. The second-order valence-corrected chi connectivity index (χ2v) is 9.47. The summed E-state index contributed by atoms with van der Waals surface area (Å²) in [5, 5.41) is 6.57. The minimum Gasteiger partial charge on any atom is -0.465 e. The van der Waals surface area contributed by atoms with Crippen LogP contribution in [0.1, 0.15) is 26.3 Å². The average Bonchev–Trinajstić information content (AvgIpc) is 3.31. The molecule has 5 aromatic rings. The summed E-state index contributed by atoms with van der Waals surface area (Å²) < 4.78 is 5.06. The van der Waals surface area contributed by atoms with Gasteiger partial charge in [0.1, 0.15) is 10.6 Å². The van der Waals surface area contributed by atoms with E-state index < -0.39 is 5.97 Å². The van der Waals surface area contributed by atoms with Crippen LogP contribution in [0.15, 0.2) is 84.2 Å². The second kappa shape index (κ2) is 9.93. The number of para-hydroxylation sites is 1. The van der Waals surface area contributed by atoms with Gasteiger partial charge in [-0.05, 0) is 36.2 Å². The van der Waals surface area contributed by atoms with Gasteiger partial charge in [0, 0.05) is 26.9 Å². The molecule has 0 saturated heterocycles. The number of amides is 1.